The van der Waals surface area contributed by atoms with E-state index in [1.54, 1.807) is 0 Å². The molecule has 0 heterocycles. The highest BCUT2D eigenvalue weighted by molar-refractivity contribution is 7.85. The van der Waals surface area contributed by atoms with Crippen molar-refractivity contribution in [1.82, 2.24) is 0 Å². The van der Waals surface area contributed by atoms with Crippen LogP contribution in [0.3, 0.4) is 0 Å². The van der Waals surface area contributed by atoms with Crippen molar-refractivity contribution in [3.8, 4) is 0 Å². The molecule has 0 spiro atoms. The maximum atomic E-state index is 13.0. The number of rotatable bonds is 5. The van der Waals surface area contributed by atoms with E-state index >= 15 is 0 Å². The van der Waals surface area contributed by atoms with E-state index in [-0.39, 0.29) is 33.3 Å². The summed E-state index contributed by atoms with van der Waals surface area (Å²) >= 11 is 0. The zero-order chi connectivity index (χ0) is 14.7. The normalized spacial score (nSPS) is 13.0. The molecule has 0 saturated heterocycles. The summed E-state index contributed by atoms with van der Waals surface area (Å²) < 4.78 is 38.1. The Morgan fingerprint density at radius 2 is 1.95 bits per heavy atom. The Kier molecular flexibility index (Phi) is 5.17. The number of halogens is 2. The molecule has 1 aromatic rings. The molecule has 1 N–H and O–H groups in total. The molecule has 0 aromatic heterocycles. The van der Waals surface area contributed by atoms with Crippen LogP contribution in [0.25, 0.3) is 0 Å². The molecule has 19 heavy (non-hydrogen) atoms. The molecule has 3 nitrogen and oxygen atoms in total. The van der Waals surface area contributed by atoms with Gasteiger partial charge in [0.1, 0.15) is 0 Å². The summed E-state index contributed by atoms with van der Waals surface area (Å²) in [6.45, 7) is 5.08. The summed E-state index contributed by atoms with van der Waals surface area (Å²) in [6, 6.07) is 2.18. The average molecular weight is 290 g/mol. The third-order valence-corrected chi connectivity index (χ3v) is 4.58. The molecule has 0 fully saturated rings. The Morgan fingerprint density at radius 3 is 2.37 bits per heavy atom. The van der Waals surface area contributed by atoms with Gasteiger partial charge >= 0.3 is 5.97 Å². The minimum absolute atomic E-state index is 0.0383. The first kappa shape index (κ1) is 15.8. The first-order valence-electron chi connectivity index (χ1n) is 5.79. The Morgan fingerprint density at radius 1 is 1.37 bits per heavy atom. The van der Waals surface area contributed by atoms with Gasteiger partial charge in [0.25, 0.3) is 6.43 Å². The summed E-state index contributed by atoms with van der Waals surface area (Å²) in [6.07, 6.45) is -2.77. The van der Waals surface area contributed by atoms with Gasteiger partial charge in [0.05, 0.1) is 21.3 Å². The molecule has 1 rings (SSSR count). The highest BCUT2D eigenvalue weighted by atomic mass is 32.2. The smallest absolute Gasteiger partial charge is 0.335 e. The molecule has 0 bridgehead atoms. The van der Waals surface area contributed by atoms with E-state index in [2.05, 4.69) is 0 Å². The fourth-order valence-corrected chi connectivity index (χ4v) is 3.45. The van der Waals surface area contributed by atoms with Crippen LogP contribution < -0.4 is 0 Å². The lowest BCUT2D eigenvalue weighted by Crippen LogP contribution is -2.12. The molecule has 106 valence electrons. The lowest BCUT2D eigenvalue weighted by Gasteiger charge is -2.15. The van der Waals surface area contributed by atoms with Crippen LogP contribution in [0.2, 0.25) is 0 Å². The Hall–Kier alpha value is -1.30. The third kappa shape index (κ3) is 3.59. The molecule has 1 aromatic carbocycles. The molecule has 0 aliphatic heterocycles. The second-order valence-electron chi connectivity index (χ2n) is 4.67. The zero-order valence-electron chi connectivity index (χ0n) is 10.9. The predicted octanol–water partition coefficient (Wildman–Crippen LogP) is 3.39. The van der Waals surface area contributed by atoms with Crippen LogP contribution in [0.5, 0.6) is 0 Å². The van der Waals surface area contributed by atoms with Crippen LogP contribution in [0.1, 0.15) is 41.8 Å². The zero-order valence-corrected chi connectivity index (χ0v) is 11.8. The second-order valence-corrected chi connectivity index (χ2v) is 6.10. The van der Waals surface area contributed by atoms with Gasteiger partial charge in [0.2, 0.25) is 0 Å². The van der Waals surface area contributed by atoms with Crippen molar-refractivity contribution in [2.45, 2.75) is 32.1 Å². The van der Waals surface area contributed by atoms with Crippen molar-refractivity contribution >= 4 is 16.8 Å². The number of carboxylic acids is 1. The highest BCUT2D eigenvalue weighted by Crippen LogP contribution is 2.30. The van der Waals surface area contributed by atoms with Gasteiger partial charge in [-0.3, -0.25) is 4.21 Å². The van der Waals surface area contributed by atoms with Gasteiger partial charge in [-0.15, -0.1) is 0 Å². The number of benzene rings is 1. The van der Waals surface area contributed by atoms with Crippen molar-refractivity contribution in [3.05, 3.63) is 28.8 Å². The average Bonchev–Trinajstić information content (AvgIpc) is 2.26. The Labute approximate surface area is 113 Å². The van der Waals surface area contributed by atoms with Gasteiger partial charge in [0.15, 0.2) is 0 Å². The molecule has 0 saturated carbocycles. The van der Waals surface area contributed by atoms with Crippen molar-refractivity contribution < 1.29 is 22.9 Å². The van der Waals surface area contributed by atoms with Crippen LogP contribution in [0.15, 0.2) is 17.0 Å². The molecular formula is C13H16F2O3S. The van der Waals surface area contributed by atoms with Crippen LogP contribution in [-0.2, 0) is 10.8 Å². The fourth-order valence-electron chi connectivity index (χ4n) is 1.80. The van der Waals surface area contributed by atoms with E-state index in [9.17, 15) is 17.8 Å². The predicted molar refractivity (Wildman–Crippen MR) is 69.2 cm³/mol. The van der Waals surface area contributed by atoms with E-state index in [1.165, 1.54) is 6.92 Å². The van der Waals surface area contributed by atoms with E-state index in [0.717, 1.165) is 12.1 Å². The molecule has 0 aliphatic carbocycles. The largest absolute Gasteiger partial charge is 0.478 e. The molecule has 0 unspecified atom stereocenters. The van der Waals surface area contributed by atoms with Crippen molar-refractivity contribution in [2.24, 2.45) is 5.92 Å². The Bertz CT molecular complexity index is 513. The van der Waals surface area contributed by atoms with E-state index in [4.69, 9.17) is 5.11 Å². The van der Waals surface area contributed by atoms with E-state index in [0.29, 0.717) is 0 Å². The minimum Gasteiger partial charge on any atom is -0.478 e. The van der Waals surface area contributed by atoms with Gasteiger partial charge in [-0.05, 0) is 24.5 Å². The Balaban J connectivity index is 3.42. The lowest BCUT2D eigenvalue weighted by molar-refractivity contribution is 0.0695. The van der Waals surface area contributed by atoms with Gasteiger partial charge in [-0.1, -0.05) is 19.9 Å². The lowest BCUT2D eigenvalue weighted by atomic mass is 10.1. The number of aromatic carboxylic acids is 1. The van der Waals surface area contributed by atoms with Gasteiger partial charge in [-0.2, -0.15) is 0 Å². The summed E-state index contributed by atoms with van der Waals surface area (Å²) in [5.41, 5.74) is -0.276. The minimum atomic E-state index is -2.77. The number of carboxylic acid groups (broad SMARTS) is 1. The second kappa shape index (κ2) is 6.23. The van der Waals surface area contributed by atoms with Crippen LogP contribution >= 0.6 is 0 Å². The van der Waals surface area contributed by atoms with Crippen LogP contribution in [-0.4, -0.2) is 21.0 Å². The maximum Gasteiger partial charge on any atom is 0.335 e. The SMILES string of the molecule is Cc1c(C(=O)O)ccc(C(F)F)c1[S@](=O)CC(C)C. The summed E-state index contributed by atoms with van der Waals surface area (Å²) in [4.78, 5) is 11.0. The summed E-state index contributed by atoms with van der Waals surface area (Å²) in [5.74, 6) is -0.913. The summed E-state index contributed by atoms with van der Waals surface area (Å²) in [5, 5.41) is 9.00. The van der Waals surface area contributed by atoms with Crippen LogP contribution in [0, 0.1) is 12.8 Å². The quantitative estimate of drug-likeness (QED) is 0.904. The van der Waals surface area contributed by atoms with Gasteiger partial charge < -0.3 is 5.11 Å². The van der Waals surface area contributed by atoms with Crippen molar-refractivity contribution in [3.63, 3.8) is 0 Å². The molecule has 6 heteroatoms. The standard InChI is InChI=1S/C13H16F2O3S/c1-7(2)6-19(18)11-8(3)9(13(16)17)4-5-10(11)12(14)15/h4-5,7,12H,6H2,1-3H3,(H,16,17)/t19-/m1/s1. The van der Waals surface area contributed by atoms with Gasteiger partial charge in [-0.25, -0.2) is 13.6 Å². The third-order valence-electron chi connectivity index (χ3n) is 2.61. The monoisotopic (exact) mass is 290 g/mol. The van der Waals surface area contributed by atoms with Gasteiger partial charge in [0, 0.05) is 11.3 Å². The molecule has 0 radical (unpaired) electrons. The molecular weight excluding hydrogens is 274 g/mol. The molecule has 0 aliphatic rings. The number of alkyl halides is 2. The summed E-state index contributed by atoms with van der Waals surface area (Å²) in [7, 11) is -1.63. The van der Waals surface area contributed by atoms with Crippen molar-refractivity contribution in [2.75, 3.05) is 5.75 Å². The maximum absolute atomic E-state index is 13.0. The number of carbonyl (C=O) groups is 1. The van der Waals surface area contributed by atoms with Crippen LogP contribution in [0.4, 0.5) is 8.78 Å². The topological polar surface area (TPSA) is 54.4 Å². The highest BCUT2D eigenvalue weighted by Gasteiger charge is 2.23. The number of hydrogen-bond acceptors (Lipinski definition) is 2. The molecule has 1 atom stereocenters. The first-order chi connectivity index (χ1) is 8.75. The molecule has 0 amide bonds. The fraction of sp³-hybridized carbons (Fsp3) is 0.462. The van der Waals surface area contributed by atoms with E-state index < -0.39 is 23.2 Å². The van der Waals surface area contributed by atoms with E-state index in [1.807, 2.05) is 13.8 Å². The van der Waals surface area contributed by atoms with Crippen molar-refractivity contribution in [1.29, 1.82) is 0 Å². The first-order valence-corrected chi connectivity index (χ1v) is 7.10. The number of hydrogen-bond donors (Lipinski definition) is 1.